The average Bonchev–Trinajstić information content (AvgIpc) is 1.79. The number of nitrogens with two attached hydrogens (primary N) is 5. The number of H-pyrrole nitrogens is 1. The lowest BCUT2D eigenvalue weighted by Gasteiger charge is -2.28. The zero-order valence-electron chi connectivity index (χ0n) is 55.7. The molecule has 30 nitrogen and oxygen atoms in total. The Bertz CT molecular complexity index is 3510. The molecule has 0 aliphatic heterocycles. The number of hydrogen-bond donors (Lipinski definition) is 18. The van der Waals surface area contributed by atoms with Crippen LogP contribution in [0.1, 0.15) is 107 Å². The topological polar surface area (TPSA) is 520 Å². The fourth-order valence-corrected chi connectivity index (χ4v) is 10.7. The predicted molar refractivity (Wildman–Crippen MR) is 366 cm³/mol. The molecule has 0 saturated carbocycles. The van der Waals surface area contributed by atoms with Gasteiger partial charge in [0.1, 0.15) is 60.1 Å². The smallest absolute Gasteiger partial charge is 0.326 e. The zero-order chi connectivity index (χ0) is 72.6. The van der Waals surface area contributed by atoms with Crippen LogP contribution in [-0.4, -0.2) is 171 Å². The van der Waals surface area contributed by atoms with Crippen molar-refractivity contribution in [2.45, 2.75) is 171 Å². The second-order valence-corrected chi connectivity index (χ2v) is 24.4. The summed E-state index contributed by atoms with van der Waals surface area (Å²) in [5, 5.41) is 54.6. The van der Waals surface area contributed by atoms with Crippen LogP contribution in [0.4, 0.5) is 0 Å². The number of hydrogen-bond acceptors (Lipinski definition) is 17. The van der Waals surface area contributed by atoms with E-state index in [-0.39, 0.29) is 69.7 Å². The summed E-state index contributed by atoms with van der Waals surface area (Å²) in [6, 6.07) is 14.7. The first-order valence-corrected chi connectivity index (χ1v) is 33.0. The fourth-order valence-electron chi connectivity index (χ4n) is 10.7. The van der Waals surface area contributed by atoms with Crippen molar-refractivity contribution in [2.24, 2.45) is 34.6 Å². The number of primary amides is 2. The van der Waals surface area contributed by atoms with Gasteiger partial charge in [0.05, 0.1) is 12.6 Å². The van der Waals surface area contributed by atoms with E-state index in [0.717, 1.165) is 0 Å². The maximum absolute atomic E-state index is 14.9. The summed E-state index contributed by atoms with van der Waals surface area (Å²) >= 11 is 0. The highest BCUT2D eigenvalue weighted by Crippen LogP contribution is 2.21. The largest absolute Gasteiger partial charge is 0.508 e. The molecule has 536 valence electrons. The van der Waals surface area contributed by atoms with E-state index < -0.39 is 164 Å². The Morgan fingerprint density at radius 3 is 1.20 bits per heavy atom. The monoisotopic (exact) mass is 1370 g/mol. The zero-order valence-corrected chi connectivity index (χ0v) is 55.7. The van der Waals surface area contributed by atoms with Gasteiger partial charge in [-0.25, -0.2) is 4.79 Å². The molecule has 11 amide bonds. The Labute approximate surface area is 573 Å². The van der Waals surface area contributed by atoms with E-state index in [2.05, 4.69) is 52.8 Å². The van der Waals surface area contributed by atoms with E-state index in [1.54, 1.807) is 105 Å². The van der Waals surface area contributed by atoms with E-state index in [1.165, 1.54) is 24.3 Å². The number of rotatable bonds is 44. The van der Waals surface area contributed by atoms with Crippen LogP contribution in [0, 0.1) is 5.92 Å². The lowest BCUT2D eigenvalue weighted by atomic mass is 9.99. The number of aliphatic hydroxyl groups is 1. The number of aromatic nitrogens is 1. The van der Waals surface area contributed by atoms with Crippen molar-refractivity contribution in [1.82, 2.24) is 52.8 Å². The number of phenols is 1. The van der Waals surface area contributed by atoms with Crippen LogP contribution in [0.15, 0.2) is 115 Å². The summed E-state index contributed by atoms with van der Waals surface area (Å²) in [6.45, 7) is 3.00. The second kappa shape index (κ2) is 41.1. The van der Waals surface area contributed by atoms with E-state index in [9.17, 15) is 72.9 Å². The highest BCUT2D eigenvalue weighted by atomic mass is 16.4. The molecule has 30 heteroatoms. The first kappa shape index (κ1) is 79.4. The normalized spacial score (nSPS) is 14.5. The molecule has 0 spiro atoms. The van der Waals surface area contributed by atoms with Gasteiger partial charge in [0.25, 0.3) is 0 Å². The minimum Gasteiger partial charge on any atom is -0.508 e. The third-order valence-corrected chi connectivity index (χ3v) is 16.7. The number of unbranched alkanes of at least 4 members (excludes halogenated alkanes) is 2. The Morgan fingerprint density at radius 1 is 0.434 bits per heavy atom. The number of carbonyl (C=O) groups excluding carboxylic acids is 11. The first-order valence-electron chi connectivity index (χ1n) is 33.0. The first-order chi connectivity index (χ1) is 47.3. The van der Waals surface area contributed by atoms with Gasteiger partial charge in [-0.15, -0.1) is 0 Å². The van der Waals surface area contributed by atoms with Crippen molar-refractivity contribution in [3.63, 3.8) is 0 Å². The Morgan fingerprint density at radius 2 is 0.788 bits per heavy atom. The molecule has 0 bridgehead atoms. The van der Waals surface area contributed by atoms with E-state index in [4.69, 9.17) is 28.7 Å². The van der Waals surface area contributed by atoms with Crippen LogP contribution in [-0.2, 0) is 83.2 Å². The molecule has 99 heavy (non-hydrogen) atoms. The van der Waals surface area contributed by atoms with Gasteiger partial charge in [-0.3, -0.25) is 52.7 Å². The minimum absolute atomic E-state index is 0.0221. The average molecular weight is 1370 g/mol. The number of nitrogens with one attached hydrogen (secondary N) is 10. The third kappa shape index (κ3) is 26.6. The van der Waals surface area contributed by atoms with Gasteiger partial charge >= 0.3 is 5.97 Å². The van der Waals surface area contributed by atoms with Gasteiger partial charge in [0.15, 0.2) is 0 Å². The van der Waals surface area contributed by atoms with Gasteiger partial charge in [-0.2, -0.15) is 0 Å². The molecule has 23 N–H and O–H groups in total. The number of carboxylic acid groups (broad SMARTS) is 1. The molecule has 1 aromatic heterocycles. The predicted octanol–water partition coefficient (Wildman–Crippen LogP) is -1.25. The minimum atomic E-state index is -1.68. The number of aromatic amines is 1. The lowest BCUT2D eigenvalue weighted by molar-refractivity contribution is -0.142. The molecule has 0 fully saturated rings. The Hall–Kier alpha value is -10.3. The van der Waals surface area contributed by atoms with E-state index in [0.29, 0.717) is 58.8 Å². The number of aliphatic carboxylic acids is 1. The van der Waals surface area contributed by atoms with Crippen molar-refractivity contribution in [2.75, 3.05) is 19.7 Å². The van der Waals surface area contributed by atoms with Crippen LogP contribution in [0.2, 0.25) is 0 Å². The number of para-hydroxylation sites is 1. The fraction of sp³-hybridized carbons (Fsp3) is 0.449. The quantitative estimate of drug-likeness (QED) is 0.0203. The van der Waals surface area contributed by atoms with E-state index in [1.807, 2.05) is 0 Å². The number of amides is 11. The van der Waals surface area contributed by atoms with Crippen molar-refractivity contribution < 1.29 is 72.9 Å². The molecular formula is C69H95N15O15. The second-order valence-electron chi connectivity index (χ2n) is 24.4. The molecule has 1 heterocycles. The summed E-state index contributed by atoms with van der Waals surface area (Å²) in [6.07, 6.45) is 0.753. The van der Waals surface area contributed by atoms with Crippen molar-refractivity contribution in [3.8, 4) is 5.75 Å². The van der Waals surface area contributed by atoms with Crippen LogP contribution in [0.3, 0.4) is 0 Å². The van der Waals surface area contributed by atoms with Gasteiger partial charge < -0.3 is 96.8 Å². The molecule has 0 aliphatic rings. The maximum Gasteiger partial charge on any atom is 0.326 e. The van der Waals surface area contributed by atoms with Crippen molar-refractivity contribution >= 4 is 81.9 Å². The van der Waals surface area contributed by atoms with Crippen LogP contribution in [0.25, 0.3) is 10.9 Å². The number of carboxylic acids is 1. The van der Waals surface area contributed by atoms with E-state index >= 15 is 0 Å². The van der Waals surface area contributed by atoms with Gasteiger partial charge in [-0.1, -0.05) is 111 Å². The number of aliphatic hydroxyl groups excluding tert-OH is 1. The highest BCUT2D eigenvalue weighted by Gasteiger charge is 2.37. The highest BCUT2D eigenvalue weighted by molar-refractivity contribution is 5.99. The lowest BCUT2D eigenvalue weighted by Crippen LogP contribution is -2.61. The summed E-state index contributed by atoms with van der Waals surface area (Å²) in [4.78, 5) is 170. The van der Waals surface area contributed by atoms with Gasteiger partial charge in [0, 0.05) is 55.6 Å². The number of phenolic OH excluding ortho intramolecular Hbond substituents is 1. The number of aromatic hydroxyl groups is 1. The summed E-state index contributed by atoms with van der Waals surface area (Å²) in [5.74, 6) is -12.0. The van der Waals surface area contributed by atoms with Gasteiger partial charge in [-0.05, 0) is 111 Å². The molecule has 4 aromatic carbocycles. The third-order valence-electron chi connectivity index (χ3n) is 16.7. The Kier molecular flexibility index (Phi) is 32.9. The molecule has 5 aromatic rings. The van der Waals surface area contributed by atoms with Crippen molar-refractivity contribution in [1.29, 1.82) is 0 Å². The van der Waals surface area contributed by atoms with Crippen LogP contribution in [0.5, 0.6) is 5.75 Å². The molecule has 5 rings (SSSR count). The molecule has 0 unspecified atom stereocenters. The molecular weight excluding hydrogens is 1280 g/mol. The summed E-state index contributed by atoms with van der Waals surface area (Å²) < 4.78 is 0. The molecule has 0 saturated heterocycles. The maximum atomic E-state index is 14.9. The molecule has 0 aliphatic carbocycles. The number of fused-ring (bicyclic) bond motifs is 1. The van der Waals surface area contributed by atoms with Crippen LogP contribution >= 0.6 is 0 Å². The van der Waals surface area contributed by atoms with Crippen molar-refractivity contribution in [3.05, 3.63) is 138 Å². The number of carbonyl (C=O) groups is 12. The number of benzene rings is 4. The summed E-state index contributed by atoms with van der Waals surface area (Å²) in [7, 11) is 0. The standard InChI is InChI=1S/C69H95N15O15/c1-3-40(2)59(74)68(97)84-56(39-85)67(96)79-51(29-31-58(73)88)63(92)80-52(34-41-16-6-4-7-17-41)65(94)81-53(35-43-24-26-45(86)27-25-43)64(93)78-50(28-30-57(72)87)62(91)76-48(22-12-14-32-70)60(89)82-54(37-44-38-75-47-21-11-10-20-46(44)47)66(95)77-49(23-13-15-33-71)61(90)83-55(69(98)99)36-42-18-8-5-9-19-42/h4-11,16-21,24-27,38,40,48-56,59,75,85-86H,3,12-15,22-23,28-37,39,70-71,74H2,1-2H3,(H2,72,87)(H2,73,88)(H,76,91)(H,77,95)(H,78,93)(H,79,96)(H,80,92)(H,81,94)(H,82,89)(H,83,90)(H,84,97)(H,98,99)/t40-,48-,49-,50-,51-,52-,53-,54-,55-,56-,59-/m0/s1. The molecule has 11 atom stereocenters. The van der Waals surface area contributed by atoms with Crippen LogP contribution < -0.4 is 76.5 Å². The Balaban J connectivity index is 1.47. The van der Waals surface area contributed by atoms with Gasteiger partial charge in [0.2, 0.25) is 65.0 Å². The SMILES string of the molecule is CC[C@H](C)[C@H](N)C(=O)N[C@@H](CO)C(=O)N[C@@H](CCC(N)=O)C(=O)N[C@@H](Cc1ccccc1)C(=O)N[C@@H](Cc1ccc(O)cc1)C(=O)N[C@@H](CCC(N)=O)C(=O)N[C@@H](CCCCN)C(=O)N[C@@H](Cc1c[nH]c2ccccc12)C(=O)N[C@@H](CCCCN)C(=O)N[C@@H](Cc1ccccc1)C(=O)O. The molecule has 0 radical (unpaired) electrons. The summed E-state index contributed by atoms with van der Waals surface area (Å²) in [5.41, 5.74) is 31.6.